The van der Waals surface area contributed by atoms with E-state index in [2.05, 4.69) is 10.2 Å². The third-order valence-corrected chi connectivity index (χ3v) is 1.28. The van der Waals surface area contributed by atoms with E-state index in [1.165, 1.54) is 0 Å². The zero-order valence-electron chi connectivity index (χ0n) is 6.25. The van der Waals surface area contributed by atoms with Crippen LogP contribution in [0.3, 0.4) is 0 Å². The molecule has 10 heavy (non-hydrogen) atoms. The monoisotopic (exact) mass is 139 g/mol. The Hall–Kier alpha value is -1.19. The molecule has 0 spiro atoms. The molecule has 1 heterocycles. The molecule has 0 unspecified atom stereocenters. The number of nitrogens with zero attached hydrogens (tertiary/aromatic N) is 3. The summed E-state index contributed by atoms with van der Waals surface area (Å²) >= 11 is 0. The molecule has 0 N–H and O–H groups in total. The molecule has 0 aliphatic carbocycles. The van der Waals surface area contributed by atoms with Gasteiger partial charge in [-0.15, -0.1) is 10.2 Å². The van der Waals surface area contributed by atoms with E-state index in [9.17, 15) is 4.79 Å². The summed E-state index contributed by atoms with van der Waals surface area (Å²) in [4.78, 5) is 12.6. The van der Waals surface area contributed by atoms with Gasteiger partial charge in [-0.2, -0.15) is 0 Å². The van der Waals surface area contributed by atoms with E-state index in [1.807, 2.05) is 0 Å². The summed E-state index contributed by atoms with van der Waals surface area (Å²) < 4.78 is 0. The summed E-state index contributed by atoms with van der Waals surface area (Å²) in [6.45, 7) is 1.77. The highest BCUT2D eigenvalue weighted by Crippen LogP contribution is 2.16. The van der Waals surface area contributed by atoms with Crippen molar-refractivity contribution in [1.82, 2.24) is 4.90 Å². The molecule has 4 heteroatoms. The number of hydrogen-bond acceptors (Lipinski definition) is 3. The van der Waals surface area contributed by atoms with Gasteiger partial charge < -0.3 is 4.90 Å². The quantitative estimate of drug-likeness (QED) is 0.538. The van der Waals surface area contributed by atoms with Crippen LogP contribution in [0.4, 0.5) is 0 Å². The second kappa shape index (κ2) is 2.21. The van der Waals surface area contributed by atoms with E-state index in [0.717, 1.165) is 0 Å². The predicted molar refractivity (Wildman–Crippen MR) is 36.3 cm³/mol. The van der Waals surface area contributed by atoms with Crippen LogP contribution >= 0.6 is 0 Å². The molecular weight excluding hydrogens is 130 g/mol. The van der Waals surface area contributed by atoms with E-state index in [1.54, 1.807) is 25.9 Å². The number of hydrogen-bond donors (Lipinski definition) is 0. The fourth-order valence-electron chi connectivity index (χ4n) is 0.885. The van der Waals surface area contributed by atoms with Crippen LogP contribution in [0.2, 0.25) is 0 Å². The van der Waals surface area contributed by atoms with E-state index in [4.69, 9.17) is 0 Å². The lowest BCUT2D eigenvalue weighted by molar-refractivity contribution is -0.115. The lowest BCUT2D eigenvalue weighted by Crippen LogP contribution is -2.16. The summed E-state index contributed by atoms with van der Waals surface area (Å²) in [5.41, 5.74) is 1.27. The Morgan fingerprint density at radius 3 is 2.10 bits per heavy atom. The van der Waals surface area contributed by atoms with Gasteiger partial charge >= 0.3 is 5.91 Å². The molecule has 0 fully saturated rings. The summed E-state index contributed by atoms with van der Waals surface area (Å²) in [6.07, 6.45) is 0. The largest absolute Gasteiger partial charge is 0.372 e. The third-order valence-electron chi connectivity index (χ3n) is 1.28. The van der Waals surface area contributed by atoms with E-state index < -0.39 is 0 Å². The van der Waals surface area contributed by atoms with Crippen molar-refractivity contribution in [3.8, 4) is 0 Å². The highest BCUT2D eigenvalue weighted by molar-refractivity contribution is 5.95. The van der Waals surface area contributed by atoms with E-state index >= 15 is 0 Å². The number of rotatable bonds is 1. The van der Waals surface area contributed by atoms with Crippen molar-refractivity contribution in [2.45, 2.75) is 6.92 Å². The Morgan fingerprint density at radius 2 is 1.90 bits per heavy atom. The van der Waals surface area contributed by atoms with Gasteiger partial charge in [-0.1, -0.05) is 0 Å². The maximum atomic E-state index is 10.9. The van der Waals surface area contributed by atoms with Crippen molar-refractivity contribution in [1.29, 1.82) is 0 Å². The van der Waals surface area contributed by atoms with Crippen molar-refractivity contribution in [3.05, 3.63) is 11.4 Å². The van der Waals surface area contributed by atoms with Crippen molar-refractivity contribution < 1.29 is 4.79 Å². The summed E-state index contributed by atoms with van der Waals surface area (Å²) in [5, 5.41) is 7.02. The molecule has 0 atom stereocenters. The Labute approximate surface area is 59.2 Å². The lowest BCUT2D eigenvalue weighted by Gasteiger charge is -2.10. The highest BCUT2D eigenvalue weighted by atomic mass is 16.2. The van der Waals surface area contributed by atoms with E-state index in [0.29, 0.717) is 11.4 Å². The van der Waals surface area contributed by atoms with Crippen molar-refractivity contribution in [2.24, 2.45) is 10.2 Å². The predicted octanol–water partition coefficient (Wildman–Crippen LogP) is 0.772. The molecule has 0 bridgehead atoms. The fourth-order valence-corrected chi connectivity index (χ4v) is 0.885. The number of carbonyl (C=O) groups excluding carboxylic acids is 1. The number of allylic oxidation sites excluding steroid dienone is 1. The Bertz CT molecular complexity index is 227. The zero-order chi connectivity index (χ0) is 7.72. The van der Waals surface area contributed by atoms with Gasteiger partial charge in [0.1, 0.15) is 5.70 Å². The summed E-state index contributed by atoms with van der Waals surface area (Å²) in [7, 11) is 3.60. The van der Waals surface area contributed by atoms with Crippen LogP contribution in [-0.4, -0.2) is 24.9 Å². The van der Waals surface area contributed by atoms with Gasteiger partial charge in [0.2, 0.25) is 0 Å². The van der Waals surface area contributed by atoms with Gasteiger partial charge in [0.15, 0.2) is 0 Å². The van der Waals surface area contributed by atoms with Gasteiger partial charge in [0.25, 0.3) is 0 Å². The molecule has 0 saturated carbocycles. The molecule has 1 aliphatic rings. The van der Waals surface area contributed by atoms with Gasteiger partial charge in [0.05, 0.1) is 5.70 Å². The Morgan fingerprint density at radius 1 is 1.30 bits per heavy atom. The van der Waals surface area contributed by atoms with Crippen LogP contribution in [-0.2, 0) is 4.79 Å². The summed E-state index contributed by atoms with van der Waals surface area (Å²) in [5.74, 6) is -0.248. The lowest BCUT2D eigenvalue weighted by atomic mass is 10.3. The first-order valence-electron chi connectivity index (χ1n) is 2.97. The molecule has 54 valence electrons. The topological polar surface area (TPSA) is 45.0 Å². The average molecular weight is 139 g/mol. The van der Waals surface area contributed by atoms with Gasteiger partial charge in [-0.05, 0) is 6.92 Å². The molecule has 1 rings (SSSR count). The summed E-state index contributed by atoms with van der Waals surface area (Å²) in [6, 6.07) is 0. The molecule has 1 aliphatic heterocycles. The second-order valence-corrected chi connectivity index (χ2v) is 2.33. The van der Waals surface area contributed by atoms with Crippen molar-refractivity contribution in [3.63, 3.8) is 0 Å². The van der Waals surface area contributed by atoms with Crippen LogP contribution in [0, 0.1) is 0 Å². The molecule has 0 aromatic rings. The van der Waals surface area contributed by atoms with Gasteiger partial charge in [-0.3, -0.25) is 4.79 Å². The smallest absolute Gasteiger partial charge is 0.313 e. The van der Waals surface area contributed by atoms with Crippen molar-refractivity contribution >= 4 is 5.91 Å². The second-order valence-electron chi connectivity index (χ2n) is 2.33. The number of amides is 1. The van der Waals surface area contributed by atoms with Gasteiger partial charge in [-0.25, -0.2) is 0 Å². The Kier molecular flexibility index (Phi) is 1.53. The molecular formula is C6H9N3O. The Balaban J connectivity index is 2.96. The molecule has 0 saturated heterocycles. The SMILES string of the molecule is CC1=C(N(C)C)C(=O)N=N1. The van der Waals surface area contributed by atoms with Crippen molar-refractivity contribution in [2.75, 3.05) is 14.1 Å². The normalized spacial score (nSPS) is 16.9. The number of carbonyl (C=O) groups is 1. The first kappa shape index (κ1) is 6.92. The van der Waals surface area contributed by atoms with Crippen LogP contribution < -0.4 is 0 Å². The minimum absolute atomic E-state index is 0.248. The molecule has 0 aromatic heterocycles. The van der Waals surface area contributed by atoms with Gasteiger partial charge in [0, 0.05) is 14.1 Å². The minimum atomic E-state index is -0.248. The third kappa shape index (κ3) is 0.920. The van der Waals surface area contributed by atoms with E-state index in [-0.39, 0.29) is 5.91 Å². The first-order chi connectivity index (χ1) is 4.63. The van der Waals surface area contributed by atoms with Crippen LogP contribution in [0.25, 0.3) is 0 Å². The van der Waals surface area contributed by atoms with Crippen LogP contribution in [0.15, 0.2) is 21.6 Å². The maximum absolute atomic E-state index is 10.9. The van der Waals surface area contributed by atoms with Crippen LogP contribution in [0.5, 0.6) is 0 Å². The molecule has 4 nitrogen and oxygen atoms in total. The fraction of sp³-hybridized carbons (Fsp3) is 0.500. The minimum Gasteiger partial charge on any atom is -0.372 e. The highest BCUT2D eigenvalue weighted by Gasteiger charge is 2.19. The molecule has 0 aromatic carbocycles. The standard InChI is InChI=1S/C6H9N3O/c1-4-5(9(2)3)6(10)8-7-4/h1-3H3. The average Bonchev–Trinajstić information content (AvgIpc) is 2.11. The number of azo groups is 1. The van der Waals surface area contributed by atoms with Crippen LogP contribution in [0.1, 0.15) is 6.92 Å². The molecule has 1 amide bonds. The first-order valence-corrected chi connectivity index (χ1v) is 2.97. The zero-order valence-corrected chi connectivity index (χ0v) is 6.25. The maximum Gasteiger partial charge on any atom is 0.313 e. The number of likely N-dealkylation sites (N-methyl/N-ethyl adjacent to an activating group) is 1. The molecule has 0 radical (unpaired) electrons.